The molecule has 0 spiro atoms. The number of nitrogens with one attached hydrogen (secondary N) is 1. The summed E-state index contributed by atoms with van der Waals surface area (Å²) < 4.78 is 0. The number of amides is 1. The van der Waals surface area contributed by atoms with Crippen LogP contribution in [0.5, 0.6) is 0 Å². The minimum atomic E-state index is -1.36. The van der Waals surface area contributed by atoms with E-state index in [1.165, 1.54) is 6.42 Å². The Balaban J connectivity index is 2.30. The number of carbonyl (C=O) groups is 3. The van der Waals surface area contributed by atoms with Crippen molar-refractivity contribution in [3.8, 4) is 0 Å². The lowest BCUT2D eigenvalue weighted by Gasteiger charge is -2.27. The summed E-state index contributed by atoms with van der Waals surface area (Å²) in [5, 5.41) is 21.4. The Morgan fingerprint density at radius 3 is 2.30 bits per heavy atom. The quantitative estimate of drug-likeness (QED) is 0.548. The molecule has 6 heteroatoms. The smallest absolute Gasteiger partial charge is 0.249 e. The van der Waals surface area contributed by atoms with Crippen molar-refractivity contribution in [2.45, 2.75) is 64.9 Å². The average molecular weight is 327 g/mol. The Hall–Kier alpha value is -1.27. The minimum absolute atomic E-state index is 0.0205. The molecular formula is C17H29NO5. The van der Waals surface area contributed by atoms with Gasteiger partial charge in [-0.1, -0.05) is 46.0 Å². The highest BCUT2D eigenvalue weighted by Gasteiger charge is 2.32. The maximum atomic E-state index is 11.9. The van der Waals surface area contributed by atoms with E-state index in [2.05, 4.69) is 5.32 Å². The highest BCUT2D eigenvalue weighted by atomic mass is 16.3. The summed E-state index contributed by atoms with van der Waals surface area (Å²) in [7, 11) is 0. The summed E-state index contributed by atoms with van der Waals surface area (Å²) in [6, 6.07) is 0. The summed E-state index contributed by atoms with van der Waals surface area (Å²) in [5.41, 5.74) is -0.953. The zero-order chi connectivity index (χ0) is 17.5. The first kappa shape index (κ1) is 19.8. The third-order valence-corrected chi connectivity index (χ3v) is 4.56. The van der Waals surface area contributed by atoms with Gasteiger partial charge in [0.15, 0.2) is 11.6 Å². The molecule has 3 N–H and O–H groups in total. The second-order valence-corrected chi connectivity index (χ2v) is 7.14. The van der Waals surface area contributed by atoms with Gasteiger partial charge in [0.2, 0.25) is 5.91 Å². The fourth-order valence-corrected chi connectivity index (χ4v) is 2.74. The Morgan fingerprint density at radius 2 is 1.74 bits per heavy atom. The summed E-state index contributed by atoms with van der Waals surface area (Å²) in [5.74, 6) is -1.15. The fourth-order valence-electron chi connectivity index (χ4n) is 2.74. The predicted octanol–water partition coefficient (Wildman–Crippen LogP) is 0.981. The van der Waals surface area contributed by atoms with Crippen molar-refractivity contribution in [2.75, 3.05) is 13.2 Å². The van der Waals surface area contributed by atoms with Crippen molar-refractivity contribution in [1.82, 2.24) is 5.32 Å². The van der Waals surface area contributed by atoms with Crippen LogP contribution in [0.2, 0.25) is 0 Å². The SMILES string of the molecule is CC(C)(CO)[C@@H](O)C(=O)NCCC(=O)C(=O)CC1CCCCC1. The van der Waals surface area contributed by atoms with Gasteiger partial charge in [-0.05, 0) is 5.92 Å². The molecule has 0 saturated heterocycles. The van der Waals surface area contributed by atoms with Crippen LogP contribution >= 0.6 is 0 Å². The zero-order valence-corrected chi connectivity index (χ0v) is 14.1. The summed E-state index contributed by atoms with van der Waals surface area (Å²) >= 11 is 0. The standard InChI is InChI=1S/C17H29NO5/c1-17(2,11-19)15(22)16(23)18-9-8-13(20)14(21)10-12-6-4-3-5-7-12/h12,15,19,22H,3-11H2,1-2H3,(H,18,23)/t15-/m0/s1. The molecule has 1 fully saturated rings. The Labute approximate surface area is 137 Å². The van der Waals surface area contributed by atoms with E-state index in [0.717, 1.165) is 25.7 Å². The van der Waals surface area contributed by atoms with Gasteiger partial charge in [0, 0.05) is 24.8 Å². The number of rotatable bonds is 9. The van der Waals surface area contributed by atoms with E-state index >= 15 is 0 Å². The molecule has 0 bridgehead atoms. The van der Waals surface area contributed by atoms with Gasteiger partial charge in [-0.3, -0.25) is 14.4 Å². The van der Waals surface area contributed by atoms with Crippen molar-refractivity contribution in [3.63, 3.8) is 0 Å². The number of aliphatic hydroxyl groups excluding tert-OH is 2. The molecule has 1 atom stereocenters. The van der Waals surface area contributed by atoms with E-state index in [-0.39, 0.29) is 25.4 Å². The maximum Gasteiger partial charge on any atom is 0.249 e. The Kier molecular flexibility index (Phi) is 7.85. The molecule has 23 heavy (non-hydrogen) atoms. The molecule has 0 aliphatic heterocycles. The second-order valence-electron chi connectivity index (χ2n) is 7.14. The molecule has 0 heterocycles. The Bertz CT molecular complexity index is 427. The average Bonchev–Trinajstić information content (AvgIpc) is 2.54. The van der Waals surface area contributed by atoms with Gasteiger partial charge in [-0.25, -0.2) is 0 Å². The zero-order valence-electron chi connectivity index (χ0n) is 14.1. The molecule has 1 amide bonds. The minimum Gasteiger partial charge on any atom is -0.396 e. The fraction of sp³-hybridized carbons (Fsp3) is 0.824. The highest BCUT2D eigenvalue weighted by Crippen LogP contribution is 2.26. The van der Waals surface area contributed by atoms with Crippen LogP contribution in [-0.4, -0.2) is 46.9 Å². The van der Waals surface area contributed by atoms with Crippen LogP contribution in [0.1, 0.15) is 58.8 Å². The molecule has 1 rings (SSSR count). The third kappa shape index (κ3) is 6.39. The van der Waals surface area contributed by atoms with E-state index in [1.54, 1.807) is 13.8 Å². The first-order chi connectivity index (χ1) is 10.8. The van der Waals surface area contributed by atoms with Gasteiger partial charge >= 0.3 is 0 Å². The van der Waals surface area contributed by atoms with Gasteiger partial charge < -0.3 is 15.5 Å². The summed E-state index contributed by atoms with van der Waals surface area (Å²) in [4.78, 5) is 35.4. The molecule has 1 aliphatic carbocycles. The van der Waals surface area contributed by atoms with E-state index in [1.807, 2.05) is 0 Å². The van der Waals surface area contributed by atoms with Crippen molar-refractivity contribution in [2.24, 2.45) is 11.3 Å². The molecule has 132 valence electrons. The lowest BCUT2D eigenvalue weighted by molar-refractivity contribution is -0.138. The van der Waals surface area contributed by atoms with Crippen LogP contribution in [0.4, 0.5) is 0 Å². The molecule has 0 radical (unpaired) electrons. The van der Waals surface area contributed by atoms with Gasteiger partial charge in [0.1, 0.15) is 6.10 Å². The molecule has 0 aromatic rings. The maximum absolute atomic E-state index is 11.9. The summed E-state index contributed by atoms with van der Waals surface area (Å²) in [6.45, 7) is 2.82. The number of carbonyl (C=O) groups excluding carboxylic acids is 3. The lowest BCUT2D eigenvalue weighted by atomic mass is 9.85. The summed E-state index contributed by atoms with van der Waals surface area (Å²) in [6.07, 6.45) is 4.38. The van der Waals surface area contributed by atoms with Gasteiger partial charge in [0.05, 0.1) is 6.61 Å². The third-order valence-electron chi connectivity index (χ3n) is 4.56. The predicted molar refractivity (Wildman–Crippen MR) is 85.7 cm³/mol. The van der Waals surface area contributed by atoms with Gasteiger partial charge in [-0.15, -0.1) is 0 Å². The number of Topliss-reactive ketones (excluding diaryl/α,β-unsaturated/α-hetero) is 2. The molecule has 0 aromatic heterocycles. The Morgan fingerprint density at radius 1 is 1.13 bits per heavy atom. The molecular weight excluding hydrogens is 298 g/mol. The number of aliphatic hydroxyl groups is 2. The van der Waals surface area contributed by atoms with Crippen molar-refractivity contribution < 1.29 is 24.6 Å². The van der Waals surface area contributed by atoms with Crippen LogP contribution in [0.15, 0.2) is 0 Å². The van der Waals surface area contributed by atoms with Crippen molar-refractivity contribution in [1.29, 1.82) is 0 Å². The van der Waals surface area contributed by atoms with E-state index in [0.29, 0.717) is 12.3 Å². The molecule has 0 aromatic carbocycles. The van der Waals surface area contributed by atoms with Crippen LogP contribution in [-0.2, 0) is 14.4 Å². The van der Waals surface area contributed by atoms with Gasteiger partial charge in [0.25, 0.3) is 0 Å². The van der Waals surface area contributed by atoms with Crippen molar-refractivity contribution in [3.05, 3.63) is 0 Å². The molecule has 6 nitrogen and oxygen atoms in total. The highest BCUT2D eigenvalue weighted by molar-refractivity contribution is 6.37. The first-order valence-corrected chi connectivity index (χ1v) is 8.40. The van der Waals surface area contributed by atoms with Gasteiger partial charge in [-0.2, -0.15) is 0 Å². The van der Waals surface area contributed by atoms with Crippen LogP contribution in [0, 0.1) is 11.3 Å². The number of ketones is 2. The molecule has 0 unspecified atom stereocenters. The second kappa shape index (κ2) is 9.13. The van der Waals surface area contributed by atoms with Crippen LogP contribution < -0.4 is 5.32 Å². The van der Waals surface area contributed by atoms with E-state index in [9.17, 15) is 19.5 Å². The van der Waals surface area contributed by atoms with E-state index in [4.69, 9.17) is 5.11 Å². The van der Waals surface area contributed by atoms with Crippen LogP contribution in [0.3, 0.4) is 0 Å². The first-order valence-electron chi connectivity index (χ1n) is 8.40. The molecule has 1 saturated carbocycles. The number of hydrogen-bond acceptors (Lipinski definition) is 5. The lowest BCUT2D eigenvalue weighted by Crippen LogP contribution is -2.46. The largest absolute Gasteiger partial charge is 0.396 e. The van der Waals surface area contributed by atoms with E-state index < -0.39 is 23.2 Å². The van der Waals surface area contributed by atoms with Crippen LogP contribution in [0.25, 0.3) is 0 Å². The number of hydrogen-bond donors (Lipinski definition) is 3. The monoisotopic (exact) mass is 327 g/mol. The molecule has 1 aliphatic rings. The topological polar surface area (TPSA) is 104 Å². The normalized spacial score (nSPS) is 17.6. The van der Waals surface area contributed by atoms with Crippen molar-refractivity contribution >= 4 is 17.5 Å².